The van der Waals surface area contributed by atoms with Gasteiger partial charge in [-0.1, -0.05) is 0 Å². The van der Waals surface area contributed by atoms with Crippen LogP contribution >= 0.6 is 0 Å². The Kier molecular flexibility index (Phi) is 3.21. The summed E-state index contributed by atoms with van der Waals surface area (Å²) in [5.41, 5.74) is 0. The summed E-state index contributed by atoms with van der Waals surface area (Å²) in [5, 5.41) is 15.6. The molecule has 2 aromatic rings. The number of likely N-dealkylation sites (tertiary alicyclic amines) is 1. The maximum Gasteiger partial charge on any atom is 0.230 e. The lowest BCUT2D eigenvalue weighted by Gasteiger charge is -2.30. The standard InChI is InChI=1S/C14H20N6O/c1-9-15-13(18-16-9)11-3-2-6-20(7-11)8-12-17-19-14(21-12)10-4-5-10/h10-11H,2-8H2,1H3,(H,15,16,18). The molecular weight excluding hydrogens is 268 g/mol. The summed E-state index contributed by atoms with van der Waals surface area (Å²) in [6.07, 6.45) is 4.68. The molecule has 0 bridgehead atoms. The van der Waals surface area contributed by atoms with Crippen LogP contribution in [0.4, 0.5) is 0 Å². The fourth-order valence-electron chi connectivity index (χ4n) is 2.97. The van der Waals surface area contributed by atoms with E-state index in [1.54, 1.807) is 0 Å². The number of hydrogen-bond acceptors (Lipinski definition) is 6. The van der Waals surface area contributed by atoms with Gasteiger partial charge in [-0.15, -0.1) is 10.2 Å². The minimum Gasteiger partial charge on any atom is -0.424 e. The van der Waals surface area contributed by atoms with Crippen LogP contribution < -0.4 is 0 Å². The zero-order valence-electron chi connectivity index (χ0n) is 12.2. The summed E-state index contributed by atoms with van der Waals surface area (Å²) in [4.78, 5) is 6.83. The highest BCUT2D eigenvalue weighted by Crippen LogP contribution is 2.39. The van der Waals surface area contributed by atoms with E-state index in [1.165, 1.54) is 12.8 Å². The van der Waals surface area contributed by atoms with Crippen molar-refractivity contribution in [3.05, 3.63) is 23.4 Å². The first-order valence-corrected chi connectivity index (χ1v) is 7.71. The van der Waals surface area contributed by atoms with Crippen molar-refractivity contribution in [2.75, 3.05) is 13.1 Å². The maximum atomic E-state index is 5.75. The molecule has 21 heavy (non-hydrogen) atoms. The molecule has 1 aliphatic carbocycles. The number of aryl methyl sites for hydroxylation is 1. The Morgan fingerprint density at radius 2 is 2.14 bits per heavy atom. The van der Waals surface area contributed by atoms with Crippen molar-refractivity contribution in [3.8, 4) is 0 Å². The fraction of sp³-hybridized carbons (Fsp3) is 0.714. The molecule has 0 aromatic carbocycles. The van der Waals surface area contributed by atoms with E-state index in [-0.39, 0.29) is 0 Å². The van der Waals surface area contributed by atoms with Crippen molar-refractivity contribution >= 4 is 0 Å². The van der Waals surface area contributed by atoms with Gasteiger partial charge in [-0.25, -0.2) is 4.98 Å². The predicted molar refractivity (Wildman–Crippen MR) is 74.6 cm³/mol. The molecule has 112 valence electrons. The molecule has 2 fully saturated rings. The molecule has 7 nitrogen and oxygen atoms in total. The number of hydrogen-bond donors (Lipinski definition) is 1. The van der Waals surface area contributed by atoms with Gasteiger partial charge in [-0.05, 0) is 39.2 Å². The molecule has 7 heteroatoms. The smallest absolute Gasteiger partial charge is 0.230 e. The Bertz CT molecular complexity index is 617. The summed E-state index contributed by atoms with van der Waals surface area (Å²) in [5.74, 6) is 4.30. The highest BCUT2D eigenvalue weighted by Gasteiger charge is 2.30. The van der Waals surface area contributed by atoms with Crippen LogP contribution in [0.15, 0.2) is 4.42 Å². The van der Waals surface area contributed by atoms with Crippen molar-refractivity contribution in [1.82, 2.24) is 30.3 Å². The van der Waals surface area contributed by atoms with Gasteiger partial charge in [0, 0.05) is 18.4 Å². The second kappa shape index (κ2) is 5.22. The van der Waals surface area contributed by atoms with E-state index >= 15 is 0 Å². The number of nitrogens with zero attached hydrogens (tertiary/aromatic N) is 5. The van der Waals surface area contributed by atoms with Gasteiger partial charge in [-0.3, -0.25) is 10.00 Å². The number of aromatic nitrogens is 5. The molecule has 1 aliphatic heterocycles. The molecule has 1 saturated carbocycles. The molecule has 1 unspecified atom stereocenters. The molecule has 0 amide bonds. The predicted octanol–water partition coefficient (Wildman–Crippen LogP) is 1.75. The van der Waals surface area contributed by atoms with Gasteiger partial charge in [0.1, 0.15) is 5.82 Å². The Hall–Kier alpha value is -1.76. The third-order valence-electron chi connectivity index (χ3n) is 4.25. The number of rotatable bonds is 4. The Labute approximate surface area is 123 Å². The van der Waals surface area contributed by atoms with E-state index in [4.69, 9.17) is 4.42 Å². The summed E-state index contributed by atoms with van der Waals surface area (Å²) >= 11 is 0. The third kappa shape index (κ3) is 2.83. The van der Waals surface area contributed by atoms with Gasteiger partial charge < -0.3 is 4.42 Å². The van der Waals surface area contributed by atoms with E-state index in [0.29, 0.717) is 11.8 Å². The molecule has 2 aliphatic rings. The summed E-state index contributed by atoms with van der Waals surface area (Å²) in [7, 11) is 0. The number of piperidine rings is 1. The van der Waals surface area contributed by atoms with Crippen molar-refractivity contribution in [2.24, 2.45) is 0 Å². The Morgan fingerprint density at radius 3 is 2.90 bits per heavy atom. The lowest BCUT2D eigenvalue weighted by molar-refractivity contribution is 0.179. The molecule has 0 spiro atoms. The molecule has 1 saturated heterocycles. The average Bonchev–Trinajstić information content (AvgIpc) is 3.09. The fourth-order valence-corrected chi connectivity index (χ4v) is 2.97. The van der Waals surface area contributed by atoms with Crippen LogP contribution in [0, 0.1) is 6.92 Å². The minimum atomic E-state index is 0.398. The van der Waals surface area contributed by atoms with Crippen molar-refractivity contribution in [1.29, 1.82) is 0 Å². The summed E-state index contributed by atoms with van der Waals surface area (Å²) in [6, 6.07) is 0. The van der Waals surface area contributed by atoms with Crippen LogP contribution in [-0.4, -0.2) is 43.4 Å². The first kappa shape index (κ1) is 12.9. The van der Waals surface area contributed by atoms with Crippen molar-refractivity contribution in [3.63, 3.8) is 0 Å². The van der Waals surface area contributed by atoms with Gasteiger partial charge in [0.25, 0.3) is 0 Å². The van der Waals surface area contributed by atoms with Crippen LogP contribution in [0.25, 0.3) is 0 Å². The van der Waals surface area contributed by atoms with Crippen LogP contribution in [0.1, 0.15) is 60.9 Å². The average molecular weight is 288 g/mol. The molecule has 1 N–H and O–H groups in total. The zero-order valence-corrected chi connectivity index (χ0v) is 12.2. The second-order valence-corrected chi connectivity index (χ2v) is 6.16. The molecule has 4 rings (SSSR count). The molecular formula is C14H20N6O. The van der Waals surface area contributed by atoms with Gasteiger partial charge >= 0.3 is 0 Å². The lowest BCUT2D eigenvalue weighted by Crippen LogP contribution is -2.34. The normalized spacial score (nSPS) is 23.6. The highest BCUT2D eigenvalue weighted by atomic mass is 16.4. The monoisotopic (exact) mass is 288 g/mol. The Morgan fingerprint density at radius 1 is 1.24 bits per heavy atom. The zero-order chi connectivity index (χ0) is 14.2. The van der Waals surface area contributed by atoms with Crippen LogP contribution in [0.5, 0.6) is 0 Å². The number of aromatic amines is 1. The molecule has 2 aromatic heterocycles. The SMILES string of the molecule is Cc1nc(C2CCCN(Cc3nnc(C4CC4)o3)C2)n[nH]1. The Balaban J connectivity index is 1.40. The van der Waals surface area contributed by atoms with E-state index in [2.05, 4.69) is 30.3 Å². The quantitative estimate of drug-likeness (QED) is 0.922. The summed E-state index contributed by atoms with van der Waals surface area (Å²) < 4.78 is 5.75. The first-order valence-electron chi connectivity index (χ1n) is 7.71. The van der Waals surface area contributed by atoms with Gasteiger partial charge in [0.05, 0.1) is 6.54 Å². The van der Waals surface area contributed by atoms with E-state index in [0.717, 1.165) is 55.9 Å². The number of nitrogens with one attached hydrogen (secondary N) is 1. The molecule has 3 heterocycles. The van der Waals surface area contributed by atoms with E-state index in [1.807, 2.05) is 6.92 Å². The van der Waals surface area contributed by atoms with Gasteiger partial charge in [0.15, 0.2) is 5.82 Å². The van der Waals surface area contributed by atoms with Crippen LogP contribution in [-0.2, 0) is 6.54 Å². The van der Waals surface area contributed by atoms with Crippen LogP contribution in [0.2, 0.25) is 0 Å². The van der Waals surface area contributed by atoms with Gasteiger partial charge in [0.2, 0.25) is 11.8 Å². The van der Waals surface area contributed by atoms with Crippen molar-refractivity contribution < 1.29 is 4.42 Å². The topological polar surface area (TPSA) is 83.7 Å². The van der Waals surface area contributed by atoms with E-state index in [9.17, 15) is 0 Å². The lowest BCUT2D eigenvalue weighted by atomic mass is 9.97. The second-order valence-electron chi connectivity index (χ2n) is 6.16. The minimum absolute atomic E-state index is 0.398. The van der Waals surface area contributed by atoms with Gasteiger partial charge in [-0.2, -0.15) is 5.10 Å². The van der Waals surface area contributed by atoms with Crippen LogP contribution in [0.3, 0.4) is 0 Å². The largest absolute Gasteiger partial charge is 0.424 e. The van der Waals surface area contributed by atoms with E-state index < -0.39 is 0 Å². The molecule has 1 atom stereocenters. The summed E-state index contributed by atoms with van der Waals surface area (Å²) in [6.45, 7) is 4.70. The molecule has 0 radical (unpaired) electrons. The number of H-pyrrole nitrogens is 1. The first-order chi connectivity index (χ1) is 10.3. The maximum absolute atomic E-state index is 5.75. The van der Waals surface area contributed by atoms with Crippen molar-refractivity contribution in [2.45, 2.75) is 51.0 Å². The third-order valence-corrected chi connectivity index (χ3v) is 4.25. The highest BCUT2D eigenvalue weighted by molar-refractivity contribution is 5.02.